The lowest BCUT2D eigenvalue weighted by Gasteiger charge is -2.12. The minimum absolute atomic E-state index is 0.113. The lowest BCUT2D eigenvalue weighted by atomic mass is 10.1. The number of hydrogen-bond donors (Lipinski definition) is 0. The van der Waals surface area contributed by atoms with Gasteiger partial charge in [-0.2, -0.15) is 0 Å². The zero-order chi connectivity index (χ0) is 12.5. The molecule has 5 heteroatoms. The van der Waals surface area contributed by atoms with Gasteiger partial charge in [0, 0.05) is 5.56 Å². The average Bonchev–Trinajstić information content (AvgIpc) is 2.98. The number of furan rings is 1. The van der Waals surface area contributed by atoms with Crippen molar-refractivity contribution in [1.82, 2.24) is 5.06 Å². The summed E-state index contributed by atoms with van der Waals surface area (Å²) in [5.41, 5.74) is 1.50. The fourth-order valence-electron chi connectivity index (χ4n) is 1.80. The molecule has 0 spiro atoms. The van der Waals surface area contributed by atoms with Gasteiger partial charge in [-0.1, -0.05) is 12.1 Å². The molecular formula is C13H9NO4. The Morgan fingerprint density at radius 2 is 1.72 bits per heavy atom. The van der Waals surface area contributed by atoms with E-state index in [0.717, 1.165) is 10.6 Å². The van der Waals surface area contributed by atoms with Crippen LogP contribution in [0, 0.1) is 0 Å². The molecule has 3 rings (SSSR count). The summed E-state index contributed by atoms with van der Waals surface area (Å²) in [5.74, 6) is -0.863. The minimum Gasteiger partial charge on any atom is -0.472 e. The summed E-state index contributed by atoms with van der Waals surface area (Å²) < 4.78 is 4.88. The molecule has 0 aliphatic carbocycles. The summed E-state index contributed by atoms with van der Waals surface area (Å²) in [5, 5.41) is 0.789. The number of carbonyl (C=O) groups excluding carboxylic acids is 2. The highest BCUT2D eigenvalue weighted by Gasteiger charge is 2.36. The van der Waals surface area contributed by atoms with E-state index in [0.29, 0.717) is 11.1 Å². The van der Waals surface area contributed by atoms with E-state index in [1.54, 1.807) is 30.3 Å². The molecule has 5 nitrogen and oxygen atoms in total. The zero-order valence-electron chi connectivity index (χ0n) is 9.33. The minimum atomic E-state index is -0.431. The summed E-state index contributed by atoms with van der Waals surface area (Å²) >= 11 is 0. The van der Waals surface area contributed by atoms with E-state index in [-0.39, 0.29) is 6.61 Å². The molecular weight excluding hydrogens is 234 g/mol. The molecule has 1 aliphatic heterocycles. The topological polar surface area (TPSA) is 59.8 Å². The Labute approximate surface area is 103 Å². The Morgan fingerprint density at radius 1 is 1.06 bits per heavy atom. The van der Waals surface area contributed by atoms with Crippen LogP contribution in [0.25, 0.3) is 0 Å². The average molecular weight is 243 g/mol. The van der Waals surface area contributed by atoms with E-state index in [1.807, 2.05) is 0 Å². The number of hydrogen-bond acceptors (Lipinski definition) is 4. The molecule has 2 heterocycles. The predicted octanol–water partition coefficient (Wildman–Crippen LogP) is 2.01. The molecule has 18 heavy (non-hydrogen) atoms. The second-order valence-corrected chi connectivity index (χ2v) is 3.86. The smallest absolute Gasteiger partial charge is 0.285 e. The zero-order valence-corrected chi connectivity index (χ0v) is 9.33. The largest absolute Gasteiger partial charge is 0.472 e. The van der Waals surface area contributed by atoms with Gasteiger partial charge >= 0.3 is 0 Å². The van der Waals surface area contributed by atoms with Crippen molar-refractivity contribution in [2.45, 2.75) is 6.61 Å². The molecule has 0 atom stereocenters. The SMILES string of the molecule is O=C1c2ccccc2C(=O)N1OCc1ccoc1. The maximum Gasteiger partial charge on any atom is 0.285 e. The highest BCUT2D eigenvalue weighted by molar-refractivity contribution is 6.20. The van der Waals surface area contributed by atoms with Gasteiger partial charge in [0.05, 0.1) is 23.7 Å². The Bertz CT molecular complexity index is 568. The Hall–Kier alpha value is -2.40. The number of amides is 2. The van der Waals surface area contributed by atoms with Gasteiger partial charge in [-0.25, -0.2) is 0 Å². The molecule has 1 aliphatic rings. The fourth-order valence-corrected chi connectivity index (χ4v) is 1.80. The van der Waals surface area contributed by atoms with Crippen LogP contribution < -0.4 is 0 Å². The molecule has 0 bridgehead atoms. The predicted molar refractivity (Wildman–Crippen MR) is 60.4 cm³/mol. The van der Waals surface area contributed by atoms with E-state index >= 15 is 0 Å². The molecule has 2 aromatic rings. The maximum absolute atomic E-state index is 11.9. The van der Waals surface area contributed by atoms with Crippen LogP contribution >= 0.6 is 0 Å². The third-order valence-electron chi connectivity index (χ3n) is 2.70. The van der Waals surface area contributed by atoms with Crippen LogP contribution in [0.4, 0.5) is 0 Å². The number of imide groups is 1. The normalized spacial score (nSPS) is 14.1. The van der Waals surface area contributed by atoms with Crippen molar-refractivity contribution in [2.75, 3.05) is 0 Å². The van der Waals surface area contributed by atoms with Crippen molar-refractivity contribution >= 4 is 11.8 Å². The van der Waals surface area contributed by atoms with Gasteiger partial charge in [0.25, 0.3) is 11.8 Å². The van der Waals surface area contributed by atoms with Gasteiger partial charge in [0.2, 0.25) is 0 Å². The summed E-state index contributed by atoms with van der Waals surface area (Å²) in [6.07, 6.45) is 3.00. The molecule has 0 fully saturated rings. The van der Waals surface area contributed by atoms with Crippen molar-refractivity contribution in [3.05, 3.63) is 59.5 Å². The third kappa shape index (κ3) is 1.61. The van der Waals surface area contributed by atoms with E-state index in [4.69, 9.17) is 9.25 Å². The van der Waals surface area contributed by atoms with Crippen LogP contribution in [0.3, 0.4) is 0 Å². The summed E-state index contributed by atoms with van der Waals surface area (Å²) in [7, 11) is 0. The lowest BCUT2D eigenvalue weighted by molar-refractivity contribution is -0.101. The molecule has 0 unspecified atom stereocenters. The molecule has 1 aromatic heterocycles. The molecule has 0 radical (unpaired) electrons. The monoisotopic (exact) mass is 243 g/mol. The van der Waals surface area contributed by atoms with Gasteiger partial charge in [-0.15, -0.1) is 5.06 Å². The number of carbonyl (C=O) groups is 2. The van der Waals surface area contributed by atoms with Crippen LogP contribution in [-0.4, -0.2) is 16.9 Å². The van der Waals surface area contributed by atoms with Crippen molar-refractivity contribution in [2.24, 2.45) is 0 Å². The van der Waals surface area contributed by atoms with Crippen LogP contribution in [0.5, 0.6) is 0 Å². The maximum atomic E-state index is 11.9. The molecule has 1 aromatic carbocycles. The molecule has 0 saturated carbocycles. The molecule has 0 saturated heterocycles. The van der Waals surface area contributed by atoms with Crippen LogP contribution in [-0.2, 0) is 11.4 Å². The molecule has 0 N–H and O–H groups in total. The van der Waals surface area contributed by atoms with Crippen LogP contribution in [0.1, 0.15) is 26.3 Å². The van der Waals surface area contributed by atoms with Crippen LogP contribution in [0.15, 0.2) is 47.3 Å². The summed E-state index contributed by atoms with van der Waals surface area (Å²) in [6.45, 7) is 0.113. The van der Waals surface area contributed by atoms with Gasteiger partial charge in [-0.3, -0.25) is 14.4 Å². The molecule has 2 amide bonds. The van der Waals surface area contributed by atoms with E-state index in [9.17, 15) is 9.59 Å². The first-order chi connectivity index (χ1) is 8.77. The number of hydroxylamine groups is 2. The van der Waals surface area contributed by atoms with Gasteiger partial charge in [0.15, 0.2) is 0 Å². The Kier molecular flexibility index (Phi) is 2.46. The van der Waals surface area contributed by atoms with Gasteiger partial charge in [0.1, 0.15) is 6.61 Å². The lowest BCUT2D eigenvalue weighted by Crippen LogP contribution is -2.29. The Balaban J connectivity index is 1.80. The first kappa shape index (κ1) is 10.7. The van der Waals surface area contributed by atoms with E-state index in [2.05, 4.69) is 0 Å². The van der Waals surface area contributed by atoms with Crippen molar-refractivity contribution in [3.8, 4) is 0 Å². The van der Waals surface area contributed by atoms with E-state index in [1.165, 1.54) is 12.5 Å². The first-order valence-corrected chi connectivity index (χ1v) is 5.39. The third-order valence-corrected chi connectivity index (χ3v) is 2.70. The Morgan fingerprint density at radius 3 is 2.28 bits per heavy atom. The number of rotatable bonds is 3. The van der Waals surface area contributed by atoms with Gasteiger partial charge < -0.3 is 4.42 Å². The van der Waals surface area contributed by atoms with E-state index < -0.39 is 11.8 Å². The number of benzene rings is 1. The first-order valence-electron chi connectivity index (χ1n) is 5.39. The quantitative estimate of drug-likeness (QED) is 0.773. The van der Waals surface area contributed by atoms with Crippen molar-refractivity contribution in [1.29, 1.82) is 0 Å². The second kappa shape index (κ2) is 4.12. The summed E-state index contributed by atoms with van der Waals surface area (Å²) in [6, 6.07) is 8.35. The highest BCUT2D eigenvalue weighted by atomic mass is 16.7. The molecule has 90 valence electrons. The standard InChI is InChI=1S/C13H9NO4/c15-12-10-3-1-2-4-11(10)13(16)14(12)18-8-9-5-6-17-7-9/h1-7H,8H2. The number of nitrogens with zero attached hydrogens (tertiary/aromatic N) is 1. The van der Waals surface area contributed by atoms with Crippen LogP contribution in [0.2, 0.25) is 0 Å². The van der Waals surface area contributed by atoms with Gasteiger partial charge in [-0.05, 0) is 18.2 Å². The summed E-state index contributed by atoms with van der Waals surface area (Å²) in [4.78, 5) is 29.1. The highest BCUT2D eigenvalue weighted by Crippen LogP contribution is 2.23. The van der Waals surface area contributed by atoms with Crippen molar-refractivity contribution in [3.63, 3.8) is 0 Å². The second-order valence-electron chi connectivity index (χ2n) is 3.86. The fraction of sp³-hybridized carbons (Fsp3) is 0.0769. The van der Waals surface area contributed by atoms with Crippen molar-refractivity contribution < 1.29 is 18.8 Å². The number of fused-ring (bicyclic) bond motifs is 1.